The van der Waals surface area contributed by atoms with Crippen LogP contribution in [0.2, 0.25) is 0 Å². The number of aromatic nitrogens is 1. The van der Waals surface area contributed by atoms with E-state index in [0.717, 1.165) is 0 Å². The number of para-hydroxylation sites is 1. The number of hydrogen-bond acceptors (Lipinski definition) is 4. The Hall–Kier alpha value is -2.07. The molecule has 4 heteroatoms. The standard InChI is InChI=1S/C12H12N2O2/c13-11-6-3-7-12(14-11)16-10-5-2-1-4-9(10)8-15/h1-7,15H,8H2,(H2,13,14). The number of rotatable bonds is 3. The molecule has 3 N–H and O–H groups in total. The summed E-state index contributed by atoms with van der Waals surface area (Å²) in [5.74, 6) is 1.41. The largest absolute Gasteiger partial charge is 0.439 e. The van der Waals surface area contributed by atoms with Gasteiger partial charge in [-0.2, -0.15) is 4.98 Å². The van der Waals surface area contributed by atoms with E-state index < -0.39 is 0 Å². The SMILES string of the molecule is Nc1cccc(Oc2ccccc2CO)n1. The van der Waals surface area contributed by atoms with Gasteiger partial charge in [-0.3, -0.25) is 0 Å². The molecule has 0 saturated carbocycles. The lowest BCUT2D eigenvalue weighted by atomic mass is 10.2. The van der Waals surface area contributed by atoms with Crippen molar-refractivity contribution in [3.63, 3.8) is 0 Å². The Morgan fingerprint density at radius 1 is 1.12 bits per heavy atom. The van der Waals surface area contributed by atoms with Crippen molar-refractivity contribution in [3.8, 4) is 11.6 Å². The van der Waals surface area contributed by atoms with Crippen molar-refractivity contribution in [2.24, 2.45) is 0 Å². The monoisotopic (exact) mass is 216 g/mol. The molecule has 82 valence electrons. The number of nitrogen functional groups attached to an aromatic ring is 1. The number of aliphatic hydroxyl groups is 1. The molecule has 0 bridgehead atoms. The number of benzene rings is 1. The summed E-state index contributed by atoms with van der Waals surface area (Å²) in [5, 5.41) is 9.13. The van der Waals surface area contributed by atoms with Crippen LogP contribution in [0.1, 0.15) is 5.56 Å². The zero-order valence-electron chi connectivity index (χ0n) is 8.63. The molecule has 0 amide bonds. The number of hydrogen-bond donors (Lipinski definition) is 2. The lowest BCUT2D eigenvalue weighted by Crippen LogP contribution is -1.95. The van der Waals surface area contributed by atoms with E-state index >= 15 is 0 Å². The minimum absolute atomic E-state index is 0.0709. The summed E-state index contributed by atoms with van der Waals surface area (Å²) >= 11 is 0. The van der Waals surface area contributed by atoms with E-state index in [1.165, 1.54) is 0 Å². The highest BCUT2D eigenvalue weighted by Gasteiger charge is 2.03. The highest BCUT2D eigenvalue weighted by molar-refractivity contribution is 5.37. The summed E-state index contributed by atoms with van der Waals surface area (Å²) in [7, 11) is 0. The van der Waals surface area contributed by atoms with Gasteiger partial charge in [-0.05, 0) is 12.1 Å². The third-order valence-electron chi connectivity index (χ3n) is 2.10. The van der Waals surface area contributed by atoms with Crippen LogP contribution in [0.15, 0.2) is 42.5 Å². The van der Waals surface area contributed by atoms with Gasteiger partial charge >= 0.3 is 0 Å². The van der Waals surface area contributed by atoms with Crippen molar-refractivity contribution < 1.29 is 9.84 Å². The Bertz CT molecular complexity index is 486. The van der Waals surface area contributed by atoms with Crippen LogP contribution in [0.25, 0.3) is 0 Å². The van der Waals surface area contributed by atoms with E-state index in [1.807, 2.05) is 12.1 Å². The molecule has 0 atom stereocenters. The molecule has 2 rings (SSSR count). The third kappa shape index (κ3) is 2.29. The second-order valence-corrected chi connectivity index (χ2v) is 3.27. The van der Waals surface area contributed by atoms with E-state index in [9.17, 15) is 0 Å². The van der Waals surface area contributed by atoms with Crippen LogP contribution in [0, 0.1) is 0 Å². The van der Waals surface area contributed by atoms with Crippen LogP contribution >= 0.6 is 0 Å². The zero-order valence-corrected chi connectivity index (χ0v) is 8.63. The zero-order chi connectivity index (χ0) is 11.4. The molecule has 0 aliphatic rings. The lowest BCUT2D eigenvalue weighted by Gasteiger charge is -2.08. The predicted molar refractivity (Wildman–Crippen MR) is 61.1 cm³/mol. The fourth-order valence-electron chi connectivity index (χ4n) is 1.33. The van der Waals surface area contributed by atoms with Crippen molar-refractivity contribution in [1.82, 2.24) is 4.98 Å². The average molecular weight is 216 g/mol. The highest BCUT2D eigenvalue weighted by atomic mass is 16.5. The van der Waals surface area contributed by atoms with Gasteiger partial charge in [0, 0.05) is 11.6 Å². The van der Waals surface area contributed by atoms with Gasteiger partial charge in [0.25, 0.3) is 0 Å². The highest BCUT2D eigenvalue weighted by Crippen LogP contribution is 2.24. The van der Waals surface area contributed by atoms with Gasteiger partial charge in [0.05, 0.1) is 6.61 Å². The van der Waals surface area contributed by atoms with Gasteiger partial charge in [-0.15, -0.1) is 0 Å². The first-order valence-corrected chi connectivity index (χ1v) is 4.89. The van der Waals surface area contributed by atoms with Crippen molar-refractivity contribution in [2.45, 2.75) is 6.61 Å². The summed E-state index contributed by atoms with van der Waals surface area (Å²) in [6.45, 7) is -0.0709. The maximum atomic E-state index is 9.13. The van der Waals surface area contributed by atoms with Gasteiger partial charge in [-0.25, -0.2) is 0 Å². The van der Waals surface area contributed by atoms with Crippen LogP contribution in [-0.2, 0) is 6.61 Å². The first-order chi connectivity index (χ1) is 7.79. The summed E-state index contributed by atoms with van der Waals surface area (Å²) in [6, 6.07) is 12.4. The van der Waals surface area contributed by atoms with Gasteiger partial charge in [0.15, 0.2) is 0 Å². The lowest BCUT2D eigenvalue weighted by molar-refractivity contribution is 0.276. The molecule has 0 fully saturated rings. The second-order valence-electron chi connectivity index (χ2n) is 3.27. The molecule has 0 saturated heterocycles. The summed E-state index contributed by atoms with van der Waals surface area (Å²) in [4.78, 5) is 4.02. The van der Waals surface area contributed by atoms with Crippen LogP contribution in [0.5, 0.6) is 11.6 Å². The van der Waals surface area contributed by atoms with Gasteiger partial charge in [-0.1, -0.05) is 24.3 Å². The van der Waals surface area contributed by atoms with Crippen LogP contribution in [0.4, 0.5) is 5.82 Å². The van der Waals surface area contributed by atoms with Gasteiger partial charge in [0.2, 0.25) is 5.88 Å². The Kier molecular flexibility index (Phi) is 3.03. The third-order valence-corrected chi connectivity index (χ3v) is 2.10. The maximum absolute atomic E-state index is 9.13. The molecular weight excluding hydrogens is 204 g/mol. The molecule has 0 spiro atoms. The normalized spacial score (nSPS) is 10.1. The van der Waals surface area contributed by atoms with Crippen LogP contribution < -0.4 is 10.5 Å². The number of aliphatic hydroxyl groups excluding tert-OH is 1. The van der Waals surface area contributed by atoms with Crippen molar-refractivity contribution in [1.29, 1.82) is 0 Å². The van der Waals surface area contributed by atoms with E-state index in [4.69, 9.17) is 15.6 Å². The quantitative estimate of drug-likeness (QED) is 0.822. The van der Waals surface area contributed by atoms with Crippen molar-refractivity contribution in [2.75, 3.05) is 5.73 Å². The summed E-state index contributed by atoms with van der Waals surface area (Å²) in [5.41, 5.74) is 6.26. The van der Waals surface area contributed by atoms with E-state index in [0.29, 0.717) is 23.0 Å². The Balaban J connectivity index is 2.26. The number of anilines is 1. The number of nitrogens with two attached hydrogens (primary N) is 1. The van der Waals surface area contributed by atoms with Crippen LogP contribution in [-0.4, -0.2) is 10.1 Å². The first-order valence-electron chi connectivity index (χ1n) is 4.89. The van der Waals surface area contributed by atoms with Crippen molar-refractivity contribution >= 4 is 5.82 Å². The van der Waals surface area contributed by atoms with E-state index in [-0.39, 0.29) is 6.61 Å². The molecule has 4 nitrogen and oxygen atoms in total. The number of ether oxygens (including phenoxy) is 1. The molecule has 1 heterocycles. The van der Waals surface area contributed by atoms with E-state index in [1.54, 1.807) is 30.3 Å². The Morgan fingerprint density at radius 3 is 2.69 bits per heavy atom. The van der Waals surface area contributed by atoms with Crippen LogP contribution in [0.3, 0.4) is 0 Å². The minimum Gasteiger partial charge on any atom is -0.439 e. The average Bonchev–Trinajstić information content (AvgIpc) is 2.30. The molecule has 0 unspecified atom stereocenters. The first kappa shape index (κ1) is 10.4. The van der Waals surface area contributed by atoms with Gasteiger partial charge < -0.3 is 15.6 Å². The Labute approximate surface area is 93.3 Å². The molecule has 0 aliphatic carbocycles. The molecular formula is C12H12N2O2. The fraction of sp³-hybridized carbons (Fsp3) is 0.0833. The molecule has 0 radical (unpaired) electrons. The topological polar surface area (TPSA) is 68.4 Å². The van der Waals surface area contributed by atoms with Crippen molar-refractivity contribution in [3.05, 3.63) is 48.0 Å². The second kappa shape index (κ2) is 4.63. The van der Waals surface area contributed by atoms with Gasteiger partial charge in [0.1, 0.15) is 11.6 Å². The smallest absolute Gasteiger partial charge is 0.221 e. The molecule has 0 aliphatic heterocycles. The summed E-state index contributed by atoms with van der Waals surface area (Å²) < 4.78 is 5.53. The predicted octanol–water partition coefficient (Wildman–Crippen LogP) is 1.95. The number of nitrogens with zero attached hydrogens (tertiary/aromatic N) is 1. The van der Waals surface area contributed by atoms with E-state index in [2.05, 4.69) is 4.98 Å². The molecule has 16 heavy (non-hydrogen) atoms. The Morgan fingerprint density at radius 2 is 1.94 bits per heavy atom. The fourth-order valence-corrected chi connectivity index (χ4v) is 1.33. The maximum Gasteiger partial charge on any atom is 0.221 e. The number of pyridine rings is 1. The minimum atomic E-state index is -0.0709. The summed E-state index contributed by atoms with van der Waals surface area (Å²) in [6.07, 6.45) is 0. The molecule has 1 aromatic carbocycles. The molecule has 2 aromatic rings. The molecule has 1 aromatic heterocycles.